The van der Waals surface area contributed by atoms with Crippen molar-refractivity contribution >= 4 is 17.3 Å². The predicted molar refractivity (Wildman–Crippen MR) is 81.0 cm³/mol. The lowest BCUT2D eigenvalue weighted by Crippen LogP contribution is -2.35. The van der Waals surface area contributed by atoms with Crippen molar-refractivity contribution in [1.82, 2.24) is 0 Å². The van der Waals surface area contributed by atoms with E-state index in [1.807, 2.05) is 0 Å². The molecule has 1 aromatic rings. The van der Waals surface area contributed by atoms with Crippen molar-refractivity contribution in [2.45, 2.75) is 32.6 Å². The fraction of sp³-hybridized carbons (Fsp3) is 0.533. The summed E-state index contributed by atoms with van der Waals surface area (Å²) in [6.07, 6.45) is 3.85. The third kappa shape index (κ3) is 3.58. The fourth-order valence-electron chi connectivity index (χ4n) is 2.96. The summed E-state index contributed by atoms with van der Waals surface area (Å²) in [5.74, 6) is -0.134. The monoisotopic (exact) mass is 291 g/mol. The van der Waals surface area contributed by atoms with E-state index in [0.29, 0.717) is 6.54 Å². The van der Waals surface area contributed by atoms with Crippen LogP contribution in [-0.2, 0) is 4.79 Å². The van der Waals surface area contributed by atoms with E-state index in [2.05, 4.69) is 5.32 Å². The van der Waals surface area contributed by atoms with Crippen molar-refractivity contribution in [3.05, 3.63) is 33.9 Å². The molecule has 0 radical (unpaired) electrons. The van der Waals surface area contributed by atoms with Gasteiger partial charge < -0.3 is 11.1 Å². The Balaban J connectivity index is 2.17. The first-order chi connectivity index (χ1) is 10.0. The fourth-order valence-corrected chi connectivity index (χ4v) is 2.96. The Hall–Kier alpha value is -1.95. The summed E-state index contributed by atoms with van der Waals surface area (Å²) in [7, 11) is 0. The van der Waals surface area contributed by atoms with Crippen molar-refractivity contribution in [3.8, 4) is 0 Å². The van der Waals surface area contributed by atoms with Gasteiger partial charge in [0.1, 0.15) is 5.69 Å². The third-order valence-electron chi connectivity index (χ3n) is 4.16. The van der Waals surface area contributed by atoms with Gasteiger partial charge in [-0.2, -0.15) is 0 Å². The Labute approximate surface area is 123 Å². The van der Waals surface area contributed by atoms with Crippen LogP contribution in [0.25, 0.3) is 0 Å². The van der Waals surface area contributed by atoms with Crippen LogP contribution in [0.3, 0.4) is 0 Å². The van der Waals surface area contributed by atoms with Gasteiger partial charge in [-0.1, -0.05) is 18.9 Å². The molecule has 0 spiro atoms. The zero-order chi connectivity index (χ0) is 15.4. The highest BCUT2D eigenvalue weighted by atomic mass is 16.6. The number of nitrogens with two attached hydrogens (primary N) is 1. The Bertz CT molecular complexity index is 545. The summed E-state index contributed by atoms with van der Waals surface area (Å²) in [6, 6.07) is 4.81. The summed E-state index contributed by atoms with van der Waals surface area (Å²) in [5.41, 5.74) is 6.72. The van der Waals surface area contributed by atoms with Gasteiger partial charge in [-0.3, -0.25) is 14.9 Å². The molecule has 21 heavy (non-hydrogen) atoms. The highest BCUT2D eigenvalue weighted by Gasteiger charge is 2.31. The van der Waals surface area contributed by atoms with E-state index in [9.17, 15) is 14.9 Å². The number of nitrogens with zero attached hydrogens (tertiary/aromatic N) is 1. The molecule has 0 aromatic heterocycles. The number of aryl methyl sites for hydroxylation is 1. The lowest BCUT2D eigenvalue weighted by Gasteiger charge is -2.29. The molecule has 2 rings (SSSR count). The number of benzene rings is 1. The number of hydrogen-bond acceptors (Lipinski definition) is 4. The maximum absolute atomic E-state index is 12.4. The molecule has 6 nitrogen and oxygen atoms in total. The summed E-state index contributed by atoms with van der Waals surface area (Å²) in [5, 5.41) is 13.8. The van der Waals surface area contributed by atoms with Gasteiger partial charge in [0.2, 0.25) is 5.91 Å². The second-order valence-electron chi connectivity index (χ2n) is 5.65. The summed E-state index contributed by atoms with van der Waals surface area (Å²) in [6.45, 7) is 2.26. The number of amides is 1. The normalized spacial score (nSPS) is 21.8. The molecular weight excluding hydrogens is 270 g/mol. The molecule has 0 aliphatic heterocycles. The van der Waals surface area contributed by atoms with Crippen LogP contribution in [0.1, 0.15) is 31.2 Å². The van der Waals surface area contributed by atoms with E-state index in [-0.39, 0.29) is 29.1 Å². The van der Waals surface area contributed by atoms with Crippen molar-refractivity contribution in [2.24, 2.45) is 17.6 Å². The van der Waals surface area contributed by atoms with Crippen LogP contribution in [0, 0.1) is 28.9 Å². The van der Waals surface area contributed by atoms with Gasteiger partial charge in [0.05, 0.1) is 4.92 Å². The zero-order valence-corrected chi connectivity index (χ0v) is 12.2. The molecule has 1 amide bonds. The summed E-state index contributed by atoms with van der Waals surface area (Å²) in [4.78, 5) is 23.0. The molecule has 6 heteroatoms. The van der Waals surface area contributed by atoms with E-state index in [4.69, 9.17) is 5.73 Å². The van der Waals surface area contributed by atoms with Crippen LogP contribution in [-0.4, -0.2) is 17.4 Å². The Morgan fingerprint density at radius 1 is 1.43 bits per heavy atom. The van der Waals surface area contributed by atoms with Crippen LogP contribution in [0.5, 0.6) is 0 Å². The van der Waals surface area contributed by atoms with Crippen molar-refractivity contribution in [3.63, 3.8) is 0 Å². The second-order valence-corrected chi connectivity index (χ2v) is 5.65. The predicted octanol–water partition coefficient (Wildman–Crippen LogP) is 2.61. The van der Waals surface area contributed by atoms with Crippen molar-refractivity contribution in [2.75, 3.05) is 11.9 Å². The Morgan fingerprint density at radius 3 is 2.81 bits per heavy atom. The number of rotatable bonds is 4. The molecule has 1 aromatic carbocycles. The average Bonchev–Trinajstić information content (AvgIpc) is 2.48. The van der Waals surface area contributed by atoms with Crippen LogP contribution < -0.4 is 11.1 Å². The number of carbonyl (C=O) groups excluding carboxylic acids is 1. The quantitative estimate of drug-likeness (QED) is 0.658. The molecule has 114 valence electrons. The molecule has 1 aliphatic rings. The molecule has 2 unspecified atom stereocenters. The first-order valence-electron chi connectivity index (χ1n) is 7.29. The number of nitro groups is 1. The smallest absolute Gasteiger partial charge is 0.293 e. The minimum Gasteiger partial charge on any atom is -0.330 e. The topological polar surface area (TPSA) is 98.3 Å². The van der Waals surface area contributed by atoms with E-state index < -0.39 is 4.92 Å². The molecule has 1 saturated carbocycles. The Kier molecular flexibility index (Phi) is 4.90. The minimum atomic E-state index is -0.468. The molecule has 1 aliphatic carbocycles. The Morgan fingerprint density at radius 2 is 2.14 bits per heavy atom. The van der Waals surface area contributed by atoms with Gasteiger partial charge in [-0.05, 0) is 43.9 Å². The molecule has 2 atom stereocenters. The maximum Gasteiger partial charge on any atom is 0.293 e. The number of carbonyl (C=O) groups is 1. The average molecular weight is 291 g/mol. The van der Waals surface area contributed by atoms with E-state index in [1.54, 1.807) is 19.1 Å². The highest BCUT2D eigenvalue weighted by Crippen LogP contribution is 2.32. The lowest BCUT2D eigenvalue weighted by atomic mass is 9.78. The number of nitrogens with one attached hydrogen (secondary N) is 1. The van der Waals surface area contributed by atoms with Crippen molar-refractivity contribution < 1.29 is 9.72 Å². The molecule has 0 heterocycles. The van der Waals surface area contributed by atoms with Crippen LogP contribution >= 0.6 is 0 Å². The minimum absolute atomic E-state index is 0.0662. The van der Waals surface area contributed by atoms with Gasteiger partial charge in [-0.25, -0.2) is 0 Å². The van der Waals surface area contributed by atoms with E-state index in [0.717, 1.165) is 31.2 Å². The van der Waals surface area contributed by atoms with E-state index in [1.165, 1.54) is 6.07 Å². The van der Waals surface area contributed by atoms with Gasteiger partial charge >= 0.3 is 0 Å². The van der Waals surface area contributed by atoms with Gasteiger partial charge in [0.15, 0.2) is 0 Å². The first kappa shape index (κ1) is 15.4. The number of hydrogen-bond donors (Lipinski definition) is 2. The standard InChI is InChI=1S/C15H21N3O3/c1-10-6-7-13(14(8-10)18(20)21)17-15(19)12-5-3-2-4-11(12)9-16/h6-8,11-12H,2-5,9,16H2,1H3,(H,17,19). The lowest BCUT2D eigenvalue weighted by molar-refractivity contribution is -0.384. The number of nitro benzene ring substituents is 1. The van der Waals surface area contributed by atoms with Gasteiger partial charge in [0, 0.05) is 12.0 Å². The second kappa shape index (κ2) is 6.67. The molecule has 0 saturated heterocycles. The molecular formula is C15H21N3O3. The third-order valence-corrected chi connectivity index (χ3v) is 4.16. The molecule has 1 fully saturated rings. The van der Waals surface area contributed by atoms with Crippen molar-refractivity contribution in [1.29, 1.82) is 0 Å². The van der Waals surface area contributed by atoms with Gasteiger partial charge in [-0.15, -0.1) is 0 Å². The summed E-state index contributed by atoms with van der Waals surface area (Å²) < 4.78 is 0. The molecule has 0 bridgehead atoms. The van der Waals surface area contributed by atoms with Gasteiger partial charge in [0.25, 0.3) is 5.69 Å². The van der Waals surface area contributed by atoms with Crippen LogP contribution in [0.15, 0.2) is 18.2 Å². The largest absolute Gasteiger partial charge is 0.330 e. The first-order valence-corrected chi connectivity index (χ1v) is 7.29. The summed E-state index contributed by atoms with van der Waals surface area (Å²) >= 11 is 0. The number of anilines is 1. The van der Waals surface area contributed by atoms with E-state index >= 15 is 0 Å². The van der Waals surface area contributed by atoms with Crippen LogP contribution in [0.2, 0.25) is 0 Å². The zero-order valence-electron chi connectivity index (χ0n) is 12.2. The maximum atomic E-state index is 12.4. The molecule has 3 N–H and O–H groups in total. The van der Waals surface area contributed by atoms with Crippen LogP contribution in [0.4, 0.5) is 11.4 Å². The highest BCUT2D eigenvalue weighted by molar-refractivity contribution is 5.95. The SMILES string of the molecule is Cc1ccc(NC(=O)C2CCCCC2CN)c([N+](=O)[O-])c1.